The third kappa shape index (κ3) is 4.78. The molecule has 6 heteroatoms. The molecule has 1 amide bonds. The second kappa shape index (κ2) is 8.86. The highest BCUT2D eigenvalue weighted by atomic mass is 35.5. The number of hydrogen-bond donors (Lipinski definition) is 2. The second-order valence-electron chi connectivity index (χ2n) is 5.55. The first-order chi connectivity index (χ1) is 10.1. The van der Waals surface area contributed by atoms with Crippen LogP contribution in [0.4, 0.5) is 0 Å². The van der Waals surface area contributed by atoms with Crippen molar-refractivity contribution in [3.05, 3.63) is 23.8 Å². The lowest BCUT2D eigenvalue weighted by molar-refractivity contribution is -0.122. The molecule has 0 fully saturated rings. The summed E-state index contributed by atoms with van der Waals surface area (Å²) >= 11 is 0. The van der Waals surface area contributed by atoms with Gasteiger partial charge < -0.3 is 20.1 Å². The van der Waals surface area contributed by atoms with Crippen LogP contribution < -0.4 is 20.1 Å². The number of benzene rings is 1. The van der Waals surface area contributed by atoms with Gasteiger partial charge in [0, 0.05) is 13.0 Å². The number of carbonyl (C=O) groups is 1. The molecule has 1 aliphatic heterocycles. The minimum absolute atomic E-state index is 0. The lowest BCUT2D eigenvalue weighted by Crippen LogP contribution is -2.33. The van der Waals surface area contributed by atoms with Gasteiger partial charge in [0.25, 0.3) is 0 Å². The van der Waals surface area contributed by atoms with E-state index in [2.05, 4.69) is 24.5 Å². The van der Waals surface area contributed by atoms with E-state index in [1.807, 2.05) is 25.2 Å². The molecule has 0 saturated heterocycles. The predicted molar refractivity (Wildman–Crippen MR) is 88.9 cm³/mol. The monoisotopic (exact) mass is 328 g/mol. The third-order valence-electron chi connectivity index (χ3n) is 3.51. The zero-order chi connectivity index (χ0) is 15.2. The van der Waals surface area contributed by atoms with Crippen LogP contribution in [-0.4, -0.2) is 32.7 Å². The van der Waals surface area contributed by atoms with Gasteiger partial charge >= 0.3 is 0 Å². The van der Waals surface area contributed by atoms with E-state index in [0.29, 0.717) is 32.1 Å². The average molecular weight is 329 g/mol. The Labute approximate surface area is 138 Å². The molecule has 1 aromatic rings. The number of ether oxygens (including phenoxy) is 2. The molecule has 0 aromatic heterocycles. The smallest absolute Gasteiger partial charge is 0.221 e. The number of carbonyl (C=O) groups excluding carboxylic acids is 1. The Morgan fingerprint density at radius 1 is 1.23 bits per heavy atom. The molecule has 2 rings (SSSR count). The van der Waals surface area contributed by atoms with Crippen molar-refractivity contribution in [2.75, 3.05) is 26.8 Å². The summed E-state index contributed by atoms with van der Waals surface area (Å²) in [6.45, 7) is 6.02. The first kappa shape index (κ1) is 18.6. The molecule has 124 valence electrons. The van der Waals surface area contributed by atoms with Crippen LogP contribution >= 0.6 is 12.4 Å². The quantitative estimate of drug-likeness (QED) is 0.841. The summed E-state index contributed by atoms with van der Waals surface area (Å²) < 4.78 is 11.1. The topological polar surface area (TPSA) is 59.6 Å². The highest BCUT2D eigenvalue weighted by Crippen LogP contribution is 2.34. The van der Waals surface area contributed by atoms with Gasteiger partial charge in [0.1, 0.15) is 13.2 Å². The molecular weight excluding hydrogens is 304 g/mol. The van der Waals surface area contributed by atoms with Crippen molar-refractivity contribution in [3.63, 3.8) is 0 Å². The van der Waals surface area contributed by atoms with E-state index >= 15 is 0 Å². The first-order valence-electron chi connectivity index (χ1n) is 7.45. The van der Waals surface area contributed by atoms with Crippen LogP contribution in [0.5, 0.6) is 11.5 Å². The number of nitrogens with one attached hydrogen (secondary N) is 2. The van der Waals surface area contributed by atoms with Crippen molar-refractivity contribution >= 4 is 18.3 Å². The van der Waals surface area contributed by atoms with E-state index in [-0.39, 0.29) is 24.4 Å². The Hall–Kier alpha value is -1.46. The molecule has 0 saturated carbocycles. The van der Waals surface area contributed by atoms with Crippen LogP contribution in [-0.2, 0) is 4.79 Å². The summed E-state index contributed by atoms with van der Waals surface area (Å²) in [5.41, 5.74) is 1.05. The molecule has 2 N–H and O–H groups in total. The van der Waals surface area contributed by atoms with Crippen LogP contribution in [0, 0.1) is 5.92 Å². The van der Waals surface area contributed by atoms with Gasteiger partial charge in [-0.05, 0) is 30.7 Å². The van der Waals surface area contributed by atoms with E-state index in [0.717, 1.165) is 17.1 Å². The summed E-state index contributed by atoms with van der Waals surface area (Å²) in [4.78, 5) is 12.0. The lowest BCUT2D eigenvalue weighted by atomic mass is 9.95. The Bertz CT molecular complexity index is 494. The molecular formula is C16H25ClN2O3. The van der Waals surface area contributed by atoms with Gasteiger partial charge in [-0.1, -0.05) is 19.9 Å². The van der Waals surface area contributed by atoms with Gasteiger partial charge in [0.2, 0.25) is 5.91 Å². The van der Waals surface area contributed by atoms with Crippen molar-refractivity contribution in [2.45, 2.75) is 26.3 Å². The van der Waals surface area contributed by atoms with E-state index in [9.17, 15) is 4.79 Å². The summed E-state index contributed by atoms with van der Waals surface area (Å²) in [5.74, 6) is 1.88. The minimum atomic E-state index is -0.0230. The molecule has 22 heavy (non-hydrogen) atoms. The zero-order valence-corrected chi connectivity index (χ0v) is 14.2. The molecule has 0 spiro atoms. The summed E-state index contributed by atoms with van der Waals surface area (Å²) in [5, 5.41) is 6.08. The largest absolute Gasteiger partial charge is 0.486 e. The summed E-state index contributed by atoms with van der Waals surface area (Å²) in [6, 6.07) is 5.86. The number of halogens is 1. The van der Waals surface area contributed by atoms with Gasteiger partial charge in [0.15, 0.2) is 11.5 Å². The van der Waals surface area contributed by atoms with Crippen LogP contribution in [0.2, 0.25) is 0 Å². The van der Waals surface area contributed by atoms with E-state index < -0.39 is 0 Å². The third-order valence-corrected chi connectivity index (χ3v) is 3.51. The minimum Gasteiger partial charge on any atom is -0.486 e. The van der Waals surface area contributed by atoms with Gasteiger partial charge in [-0.3, -0.25) is 4.79 Å². The van der Waals surface area contributed by atoms with Crippen molar-refractivity contribution in [1.82, 2.24) is 10.6 Å². The maximum atomic E-state index is 12.0. The van der Waals surface area contributed by atoms with E-state index in [1.54, 1.807) is 0 Å². The normalized spacial score (nSPS) is 14.2. The van der Waals surface area contributed by atoms with Gasteiger partial charge in [-0.15, -0.1) is 12.4 Å². The highest BCUT2D eigenvalue weighted by Gasteiger charge is 2.21. The fourth-order valence-electron chi connectivity index (χ4n) is 2.37. The van der Waals surface area contributed by atoms with E-state index in [1.165, 1.54) is 0 Å². The molecule has 1 heterocycles. The standard InChI is InChI=1S/C16H24N2O3.ClH/c1-11(2)16(18-15(19)6-7-17-3)12-4-5-13-14(10-12)21-9-8-20-13;/h4-5,10-11,16-17H,6-9H2,1-3H3,(H,18,19);1H. The Morgan fingerprint density at radius 3 is 2.55 bits per heavy atom. The maximum Gasteiger partial charge on any atom is 0.221 e. The van der Waals surface area contributed by atoms with E-state index in [4.69, 9.17) is 9.47 Å². The predicted octanol–water partition coefficient (Wildman–Crippen LogP) is 2.30. The molecule has 0 aliphatic carbocycles. The number of hydrogen-bond acceptors (Lipinski definition) is 4. The molecule has 0 radical (unpaired) electrons. The number of amides is 1. The summed E-state index contributed by atoms with van der Waals surface area (Å²) in [7, 11) is 1.84. The molecule has 1 unspecified atom stereocenters. The van der Waals surface area contributed by atoms with Crippen LogP contribution in [0.15, 0.2) is 18.2 Å². The first-order valence-corrected chi connectivity index (χ1v) is 7.45. The van der Waals surface area contributed by atoms with Crippen molar-refractivity contribution in [1.29, 1.82) is 0 Å². The number of rotatable bonds is 6. The number of fused-ring (bicyclic) bond motifs is 1. The summed E-state index contributed by atoms with van der Waals surface area (Å²) in [6.07, 6.45) is 0.476. The second-order valence-corrected chi connectivity index (χ2v) is 5.55. The Kier molecular flexibility index (Phi) is 7.48. The van der Waals surface area contributed by atoms with Crippen LogP contribution in [0.1, 0.15) is 31.9 Å². The molecule has 0 bridgehead atoms. The molecule has 1 aromatic carbocycles. The highest BCUT2D eigenvalue weighted by molar-refractivity contribution is 5.85. The fraction of sp³-hybridized carbons (Fsp3) is 0.562. The fourth-order valence-corrected chi connectivity index (χ4v) is 2.37. The van der Waals surface area contributed by atoms with Crippen molar-refractivity contribution in [2.24, 2.45) is 5.92 Å². The SMILES string of the molecule is CNCCC(=O)NC(c1ccc2c(c1)OCCO2)C(C)C.Cl. The van der Waals surface area contributed by atoms with Gasteiger partial charge in [-0.25, -0.2) is 0 Å². The van der Waals surface area contributed by atoms with Crippen LogP contribution in [0.25, 0.3) is 0 Å². The molecule has 1 aliphatic rings. The maximum absolute atomic E-state index is 12.0. The average Bonchev–Trinajstić information content (AvgIpc) is 2.49. The zero-order valence-electron chi connectivity index (χ0n) is 13.3. The molecule has 5 nitrogen and oxygen atoms in total. The van der Waals surface area contributed by atoms with Gasteiger partial charge in [0.05, 0.1) is 6.04 Å². The Morgan fingerprint density at radius 2 is 1.91 bits per heavy atom. The lowest BCUT2D eigenvalue weighted by Gasteiger charge is -2.25. The van der Waals surface area contributed by atoms with Crippen molar-refractivity contribution < 1.29 is 14.3 Å². The van der Waals surface area contributed by atoms with Gasteiger partial charge in [-0.2, -0.15) is 0 Å². The van der Waals surface area contributed by atoms with Crippen molar-refractivity contribution in [3.8, 4) is 11.5 Å². The van der Waals surface area contributed by atoms with Crippen LogP contribution in [0.3, 0.4) is 0 Å². The molecule has 1 atom stereocenters. The Balaban J connectivity index is 0.00000242.